The first-order chi connectivity index (χ1) is 9.08. The predicted molar refractivity (Wildman–Crippen MR) is 67.1 cm³/mol. The summed E-state index contributed by atoms with van der Waals surface area (Å²) in [5.41, 5.74) is 0.410. The van der Waals surface area contributed by atoms with E-state index in [2.05, 4.69) is 15.2 Å². The molecule has 0 atom stereocenters. The third-order valence-electron chi connectivity index (χ3n) is 2.29. The molecule has 0 fully saturated rings. The van der Waals surface area contributed by atoms with Gasteiger partial charge >= 0.3 is 5.97 Å². The molecule has 8 heteroatoms. The fourth-order valence-corrected chi connectivity index (χ4v) is 1.60. The minimum absolute atomic E-state index is 0.0313. The van der Waals surface area contributed by atoms with Crippen LogP contribution in [-0.2, 0) is 4.79 Å². The second-order valence-corrected chi connectivity index (χ2v) is 4.03. The van der Waals surface area contributed by atoms with Crippen molar-refractivity contribution in [3.63, 3.8) is 0 Å². The van der Waals surface area contributed by atoms with Gasteiger partial charge in [-0.15, -0.1) is 0 Å². The number of carbonyl (C=O) groups is 2. The standard InChI is InChI=1S/C11H9ClN4O3/c12-7-1-3-8(4-2-7)16(5-9(17)18)11(19)10-13-6-14-15-10/h1-4,6H,5H2,(H,17,18)(H,13,14,15). The van der Waals surface area contributed by atoms with Crippen molar-refractivity contribution >= 4 is 29.2 Å². The van der Waals surface area contributed by atoms with Gasteiger partial charge in [-0.1, -0.05) is 11.6 Å². The summed E-state index contributed by atoms with van der Waals surface area (Å²) in [6, 6.07) is 6.25. The molecule has 0 saturated carbocycles. The smallest absolute Gasteiger partial charge is 0.323 e. The number of benzene rings is 1. The summed E-state index contributed by atoms with van der Waals surface area (Å²) in [4.78, 5) is 27.8. The molecule has 0 unspecified atom stereocenters. The van der Waals surface area contributed by atoms with Gasteiger partial charge in [-0.2, -0.15) is 5.10 Å². The van der Waals surface area contributed by atoms with E-state index in [-0.39, 0.29) is 5.82 Å². The molecule has 2 rings (SSSR count). The minimum atomic E-state index is -1.14. The summed E-state index contributed by atoms with van der Waals surface area (Å²) in [6.45, 7) is -0.485. The molecule has 1 heterocycles. The van der Waals surface area contributed by atoms with Gasteiger partial charge in [0.2, 0.25) is 5.82 Å². The highest BCUT2D eigenvalue weighted by molar-refractivity contribution is 6.30. The van der Waals surface area contributed by atoms with Crippen molar-refractivity contribution in [3.05, 3.63) is 41.4 Å². The zero-order chi connectivity index (χ0) is 13.8. The molecule has 1 amide bonds. The van der Waals surface area contributed by atoms with Crippen molar-refractivity contribution in [1.82, 2.24) is 15.2 Å². The number of aromatic amines is 1. The highest BCUT2D eigenvalue weighted by Crippen LogP contribution is 2.19. The second-order valence-electron chi connectivity index (χ2n) is 3.60. The lowest BCUT2D eigenvalue weighted by atomic mass is 10.2. The van der Waals surface area contributed by atoms with E-state index in [1.165, 1.54) is 6.33 Å². The van der Waals surface area contributed by atoms with Crippen LogP contribution in [0.5, 0.6) is 0 Å². The number of nitrogens with one attached hydrogen (secondary N) is 1. The molecule has 0 radical (unpaired) electrons. The number of carboxylic acids is 1. The van der Waals surface area contributed by atoms with Crippen LogP contribution in [0.4, 0.5) is 5.69 Å². The summed E-state index contributed by atoms with van der Waals surface area (Å²) in [5, 5.41) is 15.3. The van der Waals surface area contributed by atoms with E-state index in [1.807, 2.05) is 0 Å². The van der Waals surface area contributed by atoms with Gasteiger partial charge in [-0.05, 0) is 24.3 Å². The third kappa shape index (κ3) is 3.08. The number of anilines is 1. The maximum atomic E-state index is 12.1. The molecular weight excluding hydrogens is 272 g/mol. The number of aromatic nitrogens is 3. The maximum absolute atomic E-state index is 12.1. The topological polar surface area (TPSA) is 99.2 Å². The van der Waals surface area contributed by atoms with Crippen molar-refractivity contribution < 1.29 is 14.7 Å². The summed E-state index contributed by atoms with van der Waals surface area (Å²) in [5.74, 6) is -1.75. The van der Waals surface area contributed by atoms with E-state index in [4.69, 9.17) is 16.7 Å². The number of halogens is 1. The molecule has 0 aliphatic heterocycles. The third-order valence-corrected chi connectivity index (χ3v) is 2.55. The molecule has 7 nitrogen and oxygen atoms in total. The zero-order valence-corrected chi connectivity index (χ0v) is 10.3. The Hall–Kier alpha value is -2.41. The Balaban J connectivity index is 2.33. The van der Waals surface area contributed by atoms with Crippen LogP contribution in [0.1, 0.15) is 10.6 Å². The minimum Gasteiger partial charge on any atom is -0.480 e. The zero-order valence-electron chi connectivity index (χ0n) is 9.58. The summed E-state index contributed by atoms with van der Waals surface area (Å²) in [6.07, 6.45) is 1.17. The molecule has 1 aromatic carbocycles. The van der Waals surface area contributed by atoms with Gasteiger partial charge in [0.25, 0.3) is 5.91 Å². The van der Waals surface area contributed by atoms with Crippen LogP contribution in [0.25, 0.3) is 0 Å². The normalized spacial score (nSPS) is 10.2. The average molecular weight is 281 g/mol. The number of amides is 1. The SMILES string of the molecule is O=C(O)CN(C(=O)c1ncn[nH]1)c1ccc(Cl)cc1. The fourth-order valence-electron chi connectivity index (χ4n) is 1.47. The molecule has 0 spiro atoms. The number of hydrogen-bond donors (Lipinski definition) is 2. The Morgan fingerprint density at radius 1 is 1.32 bits per heavy atom. The van der Waals surface area contributed by atoms with Gasteiger partial charge < -0.3 is 5.11 Å². The van der Waals surface area contributed by atoms with Crippen molar-refractivity contribution in [2.75, 3.05) is 11.4 Å². The molecular formula is C11H9ClN4O3. The fraction of sp³-hybridized carbons (Fsp3) is 0.0909. The summed E-state index contributed by atoms with van der Waals surface area (Å²) < 4.78 is 0. The number of nitrogens with zero attached hydrogens (tertiary/aromatic N) is 3. The number of aliphatic carboxylic acids is 1. The first kappa shape index (κ1) is 13.0. The highest BCUT2D eigenvalue weighted by Gasteiger charge is 2.22. The van der Waals surface area contributed by atoms with Gasteiger partial charge in [-0.3, -0.25) is 19.6 Å². The Bertz CT molecular complexity index is 582. The van der Waals surface area contributed by atoms with Crippen LogP contribution in [0, 0.1) is 0 Å². The molecule has 98 valence electrons. The summed E-state index contributed by atoms with van der Waals surface area (Å²) >= 11 is 5.75. The lowest BCUT2D eigenvalue weighted by Gasteiger charge is -2.19. The van der Waals surface area contributed by atoms with Crippen molar-refractivity contribution in [3.8, 4) is 0 Å². The highest BCUT2D eigenvalue weighted by atomic mass is 35.5. The molecule has 2 aromatic rings. The molecule has 0 saturated heterocycles. The molecule has 1 aromatic heterocycles. The van der Waals surface area contributed by atoms with Crippen LogP contribution in [0.2, 0.25) is 5.02 Å². The van der Waals surface area contributed by atoms with E-state index in [0.29, 0.717) is 10.7 Å². The van der Waals surface area contributed by atoms with Crippen LogP contribution in [0.3, 0.4) is 0 Å². The number of H-pyrrole nitrogens is 1. The number of carbonyl (C=O) groups excluding carboxylic acids is 1. The van der Waals surface area contributed by atoms with Crippen molar-refractivity contribution in [1.29, 1.82) is 0 Å². The first-order valence-electron chi connectivity index (χ1n) is 5.22. The van der Waals surface area contributed by atoms with Crippen LogP contribution in [0.15, 0.2) is 30.6 Å². The van der Waals surface area contributed by atoms with E-state index in [1.54, 1.807) is 24.3 Å². The maximum Gasteiger partial charge on any atom is 0.323 e. The molecule has 19 heavy (non-hydrogen) atoms. The predicted octanol–water partition coefficient (Wildman–Crippen LogP) is 1.19. The van der Waals surface area contributed by atoms with Gasteiger partial charge in [0, 0.05) is 10.7 Å². The number of hydrogen-bond acceptors (Lipinski definition) is 4. The van der Waals surface area contributed by atoms with Crippen LogP contribution >= 0.6 is 11.6 Å². The lowest BCUT2D eigenvalue weighted by Crippen LogP contribution is -2.36. The van der Waals surface area contributed by atoms with Gasteiger partial charge in [-0.25, -0.2) is 4.98 Å². The Labute approximate surface area is 112 Å². The van der Waals surface area contributed by atoms with Gasteiger partial charge in [0.1, 0.15) is 12.9 Å². The summed E-state index contributed by atoms with van der Waals surface area (Å²) in [7, 11) is 0. The quantitative estimate of drug-likeness (QED) is 0.876. The van der Waals surface area contributed by atoms with E-state index < -0.39 is 18.4 Å². The number of carboxylic acid groups (broad SMARTS) is 1. The first-order valence-corrected chi connectivity index (χ1v) is 5.60. The Morgan fingerprint density at radius 3 is 2.53 bits per heavy atom. The molecule has 0 aliphatic carbocycles. The number of rotatable bonds is 4. The lowest BCUT2D eigenvalue weighted by molar-refractivity contribution is -0.135. The Morgan fingerprint density at radius 2 is 2.00 bits per heavy atom. The van der Waals surface area contributed by atoms with Crippen molar-refractivity contribution in [2.24, 2.45) is 0 Å². The largest absolute Gasteiger partial charge is 0.480 e. The van der Waals surface area contributed by atoms with Crippen LogP contribution < -0.4 is 4.90 Å². The Kier molecular flexibility index (Phi) is 3.76. The van der Waals surface area contributed by atoms with E-state index in [0.717, 1.165) is 4.90 Å². The molecule has 2 N–H and O–H groups in total. The monoisotopic (exact) mass is 280 g/mol. The van der Waals surface area contributed by atoms with E-state index in [9.17, 15) is 9.59 Å². The van der Waals surface area contributed by atoms with Gasteiger partial charge in [0.05, 0.1) is 0 Å². The average Bonchev–Trinajstić information content (AvgIpc) is 2.90. The van der Waals surface area contributed by atoms with Crippen LogP contribution in [-0.4, -0.2) is 38.7 Å². The van der Waals surface area contributed by atoms with Gasteiger partial charge in [0.15, 0.2) is 0 Å². The second kappa shape index (κ2) is 5.49. The van der Waals surface area contributed by atoms with E-state index >= 15 is 0 Å². The molecule has 0 bridgehead atoms. The van der Waals surface area contributed by atoms with Crippen molar-refractivity contribution in [2.45, 2.75) is 0 Å². The molecule has 0 aliphatic rings.